The number of benzene rings is 1. The number of piperazine rings is 1. The molecule has 2 aromatic rings. The third kappa shape index (κ3) is 3.33. The second-order valence-electron chi connectivity index (χ2n) is 8.09. The summed E-state index contributed by atoms with van der Waals surface area (Å²) in [5.74, 6) is 6.54. The number of amides is 2. The third-order valence-corrected chi connectivity index (χ3v) is 6.12. The van der Waals surface area contributed by atoms with Gasteiger partial charge >= 0.3 is 0 Å². The van der Waals surface area contributed by atoms with Crippen molar-refractivity contribution < 1.29 is 14.7 Å². The van der Waals surface area contributed by atoms with Gasteiger partial charge in [-0.3, -0.25) is 14.6 Å². The van der Waals surface area contributed by atoms with Gasteiger partial charge in [0.25, 0.3) is 5.91 Å². The van der Waals surface area contributed by atoms with E-state index in [0.717, 1.165) is 11.1 Å². The Kier molecular flexibility index (Phi) is 4.72. The van der Waals surface area contributed by atoms with Gasteiger partial charge in [-0.1, -0.05) is 24.0 Å². The molecule has 3 heterocycles. The van der Waals surface area contributed by atoms with Crippen LogP contribution in [0.3, 0.4) is 0 Å². The van der Waals surface area contributed by atoms with E-state index in [4.69, 9.17) is 0 Å². The predicted octanol–water partition coefficient (Wildman–Crippen LogP) is 1.05. The molecule has 30 heavy (non-hydrogen) atoms. The van der Waals surface area contributed by atoms with Gasteiger partial charge in [-0.15, -0.1) is 0 Å². The van der Waals surface area contributed by atoms with Gasteiger partial charge in [0.1, 0.15) is 12.2 Å². The summed E-state index contributed by atoms with van der Waals surface area (Å²) in [4.78, 5) is 36.8. The van der Waals surface area contributed by atoms with E-state index in [-0.39, 0.29) is 48.7 Å². The number of carbonyl (C=O) groups is 2. The van der Waals surface area contributed by atoms with Gasteiger partial charge < -0.3 is 14.9 Å². The molecule has 1 aliphatic carbocycles. The van der Waals surface area contributed by atoms with E-state index in [9.17, 15) is 14.7 Å². The highest BCUT2D eigenvalue weighted by molar-refractivity contribution is 5.95. The Labute approximate surface area is 174 Å². The maximum Gasteiger partial charge on any atom is 0.274 e. The van der Waals surface area contributed by atoms with Crippen molar-refractivity contribution in [3.8, 4) is 11.8 Å². The molecule has 2 amide bonds. The van der Waals surface area contributed by atoms with Gasteiger partial charge in [-0.05, 0) is 30.5 Å². The van der Waals surface area contributed by atoms with Crippen molar-refractivity contribution in [1.29, 1.82) is 0 Å². The van der Waals surface area contributed by atoms with Gasteiger partial charge in [0.15, 0.2) is 0 Å². The number of carbonyl (C=O) groups excluding carboxylic acids is 2. The van der Waals surface area contributed by atoms with Gasteiger partial charge in [0.2, 0.25) is 5.91 Å². The van der Waals surface area contributed by atoms with Crippen LogP contribution in [0.1, 0.15) is 40.4 Å². The standard InChI is InChI=1S/C23H22N4O3/c28-14-20-22(17-7-5-16(6-8-17)4-3-15-1-2-15)19-12-26(13-21(29)27(19)20)23(30)18-11-24-9-10-25-18/h5-11,15,19-20,22,28H,1-2,12-14H2/t19-,20-,22-/m0/s1. The number of aromatic nitrogens is 2. The summed E-state index contributed by atoms with van der Waals surface area (Å²) >= 11 is 0. The quantitative estimate of drug-likeness (QED) is 0.776. The highest BCUT2D eigenvalue weighted by Crippen LogP contribution is 2.43. The number of aliphatic hydroxyl groups is 1. The van der Waals surface area contributed by atoms with E-state index in [1.54, 1.807) is 4.90 Å². The van der Waals surface area contributed by atoms with E-state index in [0.29, 0.717) is 12.5 Å². The fraction of sp³-hybridized carbons (Fsp3) is 0.391. The maximum atomic E-state index is 12.8. The molecule has 2 saturated heterocycles. The van der Waals surface area contributed by atoms with Gasteiger partial charge in [-0.2, -0.15) is 0 Å². The summed E-state index contributed by atoms with van der Waals surface area (Å²) < 4.78 is 0. The van der Waals surface area contributed by atoms with Crippen molar-refractivity contribution in [2.24, 2.45) is 5.92 Å². The Morgan fingerprint density at radius 3 is 2.67 bits per heavy atom. The highest BCUT2D eigenvalue weighted by atomic mass is 16.3. The van der Waals surface area contributed by atoms with E-state index < -0.39 is 0 Å². The SMILES string of the molecule is O=C(c1cnccn1)N1CC(=O)N2[C@@H](CO)[C@@H](c3ccc(C#CC4CC4)cc3)[C@@H]2C1. The Balaban J connectivity index is 1.36. The molecular formula is C23H22N4O3. The van der Waals surface area contributed by atoms with Crippen molar-refractivity contribution in [3.63, 3.8) is 0 Å². The molecule has 3 atom stereocenters. The molecule has 0 spiro atoms. The lowest BCUT2D eigenvalue weighted by Crippen LogP contribution is -2.73. The summed E-state index contributed by atoms with van der Waals surface area (Å²) in [6.45, 7) is 0.296. The van der Waals surface area contributed by atoms with Crippen molar-refractivity contribution in [2.45, 2.75) is 30.8 Å². The lowest BCUT2D eigenvalue weighted by molar-refractivity contribution is -0.159. The molecule has 0 bridgehead atoms. The summed E-state index contributed by atoms with van der Waals surface area (Å²) in [6.07, 6.45) is 6.77. The fourth-order valence-electron chi connectivity index (χ4n) is 4.43. The van der Waals surface area contributed by atoms with Crippen molar-refractivity contribution in [3.05, 3.63) is 59.7 Å². The zero-order chi connectivity index (χ0) is 20.7. The Hall–Kier alpha value is -3.24. The normalized spacial score (nSPS) is 25.1. The Bertz CT molecular complexity index is 1020. The lowest BCUT2D eigenvalue weighted by Gasteiger charge is -2.58. The maximum absolute atomic E-state index is 12.8. The lowest BCUT2D eigenvalue weighted by atomic mass is 9.73. The number of hydrogen-bond acceptors (Lipinski definition) is 5. The minimum atomic E-state index is -0.298. The van der Waals surface area contributed by atoms with Crippen LogP contribution in [0.4, 0.5) is 0 Å². The summed E-state index contributed by atoms with van der Waals surface area (Å²) in [6, 6.07) is 7.61. The number of nitrogens with zero attached hydrogens (tertiary/aromatic N) is 4. The average molecular weight is 402 g/mol. The monoisotopic (exact) mass is 402 g/mol. The van der Waals surface area contributed by atoms with Gasteiger partial charge in [0.05, 0.1) is 24.9 Å². The van der Waals surface area contributed by atoms with E-state index >= 15 is 0 Å². The molecule has 3 aliphatic rings. The molecule has 3 fully saturated rings. The largest absolute Gasteiger partial charge is 0.394 e. The smallest absolute Gasteiger partial charge is 0.274 e. The van der Waals surface area contributed by atoms with Gasteiger partial charge in [0, 0.05) is 36.3 Å². The molecule has 2 aliphatic heterocycles. The molecular weight excluding hydrogens is 380 g/mol. The first-order valence-electron chi connectivity index (χ1n) is 10.2. The van der Waals surface area contributed by atoms with Crippen LogP contribution in [0, 0.1) is 17.8 Å². The predicted molar refractivity (Wildman–Crippen MR) is 108 cm³/mol. The number of rotatable bonds is 3. The van der Waals surface area contributed by atoms with Crippen LogP contribution in [-0.2, 0) is 4.79 Å². The molecule has 152 valence electrons. The zero-order valence-corrected chi connectivity index (χ0v) is 16.4. The van der Waals surface area contributed by atoms with Crippen LogP contribution < -0.4 is 0 Å². The van der Waals surface area contributed by atoms with Crippen molar-refractivity contribution in [1.82, 2.24) is 19.8 Å². The molecule has 1 saturated carbocycles. The number of hydrogen-bond donors (Lipinski definition) is 1. The number of fused-ring (bicyclic) bond motifs is 1. The van der Waals surface area contributed by atoms with Crippen LogP contribution in [0.2, 0.25) is 0 Å². The average Bonchev–Trinajstić information content (AvgIpc) is 3.59. The van der Waals surface area contributed by atoms with Crippen LogP contribution in [0.15, 0.2) is 42.9 Å². The Morgan fingerprint density at radius 2 is 2.00 bits per heavy atom. The topological polar surface area (TPSA) is 86.6 Å². The molecule has 0 radical (unpaired) electrons. The van der Waals surface area contributed by atoms with Crippen LogP contribution in [-0.4, -0.2) is 68.5 Å². The fourth-order valence-corrected chi connectivity index (χ4v) is 4.43. The third-order valence-electron chi connectivity index (χ3n) is 6.12. The van der Waals surface area contributed by atoms with Crippen LogP contribution >= 0.6 is 0 Å². The minimum absolute atomic E-state index is 0.00911. The first-order chi connectivity index (χ1) is 14.7. The van der Waals surface area contributed by atoms with Crippen molar-refractivity contribution >= 4 is 11.8 Å². The highest BCUT2D eigenvalue weighted by Gasteiger charge is 2.54. The summed E-state index contributed by atoms with van der Waals surface area (Å²) in [5.41, 5.74) is 2.25. The van der Waals surface area contributed by atoms with E-state index in [1.807, 2.05) is 24.3 Å². The molecule has 5 rings (SSSR count). The molecule has 7 heteroatoms. The molecule has 1 aromatic heterocycles. The number of aliphatic hydroxyl groups excluding tert-OH is 1. The second kappa shape index (κ2) is 7.54. The van der Waals surface area contributed by atoms with E-state index in [2.05, 4.69) is 21.8 Å². The van der Waals surface area contributed by atoms with Gasteiger partial charge in [-0.25, -0.2) is 4.98 Å². The molecule has 1 aromatic carbocycles. The minimum Gasteiger partial charge on any atom is -0.394 e. The molecule has 7 nitrogen and oxygen atoms in total. The summed E-state index contributed by atoms with van der Waals surface area (Å²) in [7, 11) is 0. The first-order valence-corrected chi connectivity index (χ1v) is 10.2. The van der Waals surface area contributed by atoms with E-state index in [1.165, 1.54) is 36.3 Å². The second-order valence-corrected chi connectivity index (χ2v) is 8.09. The van der Waals surface area contributed by atoms with Crippen LogP contribution in [0.5, 0.6) is 0 Å². The molecule has 0 unspecified atom stereocenters. The first kappa shape index (κ1) is 18.8. The molecule has 1 N–H and O–H groups in total. The summed E-state index contributed by atoms with van der Waals surface area (Å²) in [5, 5.41) is 9.92. The van der Waals surface area contributed by atoms with Crippen LogP contribution in [0.25, 0.3) is 0 Å². The van der Waals surface area contributed by atoms with Crippen molar-refractivity contribution in [2.75, 3.05) is 19.7 Å². The zero-order valence-electron chi connectivity index (χ0n) is 16.4. The Morgan fingerprint density at radius 1 is 1.20 bits per heavy atom.